The molecule has 11 nitrogen and oxygen atoms in total. The lowest BCUT2D eigenvalue weighted by molar-refractivity contribution is -0.384. The summed E-state index contributed by atoms with van der Waals surface area (Å²) in [5.74, 6) is 0.438. The fourth-order valence-corrected chi connectivity index (χ4v) is 4.03. The van der Waals surface area contributed by atoms with Crippen LogP contribution in [0.1, 0.15) is 12.5 Å². The normalized spacial score (nSPS) is 11.2. The van der Waals surface area contributed by atoms with Crippen LogP contribution in [0, 0.1) is 10.1 Å². The van der Waals surface area contributed by atoms with Gasteiger partial charge in [0.15, 0.2) is 11.5 Å². The summed E-state index contributed by atoms with van der Waals surface area (Å²) < 4.78 is 38.4. The van der Waals surface area contributed by atoms with Crippen LogP contribution in [0.3, 0.4) is 0 Å². The summed E-state index contributed by atoms with van der Waals surface area (Å²) >= 11 is 0. The molecule has 0 unspecified atom stereocenters. The Morgan fingerprint density at radius 3 is 2.53 bits per heavy atom. The van der Waals surface area contributed by atoms with Crippen molar-refractivity contribution in [3.05, 3.63) is 76.3 Å². The molecule has 178 valence electrons. The first-order valence-corrected chi connectivity index (χ1v) is 11.4. The van der Waals surface area contributed by atoms with Gasteiger partial charge < -0.3 is 14.6 Å². The predicted molar refractivity (Wildman–Crippen MR) is 127 cm³/mol. The van der Waals surface area contributed by atoms with E-state index >= 15 is 0 Å². The molecule has 0 saturated carbocycles. The summed E-state index contributed by atoms with van der Waals surface area (Å²) in [5, 5.41) is 25.7. The number of phenolic OH excluding ortho intramolecular Hbond substituents is 1. The Hall–Kier alpha value is -4.32. The first kappa shape index (κ1) is 24.3. The molecule has 0 bridgehead atoms. The summed E-state index contributed by atoms with van der Waals surface area (Å²) in [4.78, 5) is 10.5. The number of hydrogen-bond acceptors (Lipinski definition) is 9. The molecule has 0 aliphatic heterocycles. The molecule has 0 fully saturated rings. The van der Waals surface area contributed by atoms with Crippen LogP contribution in [0.25, 0.3) is 0 Å². The van der Waals surface area contributed by atoms with Crippen LogP contribution in [-0.2, 0) is 10.0 Å². The van der Waals surface area contributed by atoms with Gasteiger partial charge in [-0.1, -0.05) is 18.2 Å². The van der Waals surface area contributed by atoms with E-state index < -0.39 is 20.6 Å². The van der Waals surface area contributed by atoms with Crippen molar-refractivity contribution >= 4 is 33.3 Å². The van der Waals surface area contributed by atoms with E-state index in [0.717, 1.165) is 6.07 Å². The molecule has 0 aliphatic carbocycles. The summed E-state index contributed by atoms with van der Waals surface area (Å²) in [7, 11) is -2.75. The number of nitrogens with one attached hydrogen (secondary N) is 2. The largest absolute Gasteiger partial charge is 0.504 e. The van der Waals surface area contributed by atoms with Gasteiger partial charge in [0.1, 0.15) is 11.4 Å². The maximum atomic E-state index is 12.8. The van der Waals surface area contributed by atoms with Crippen LogP contribution in [0.5, 0.6) is 17.2 Å². The minimum atomic E-state index is -4.15. The molecule has 3 aromatic carbocycles. The SMILES string of the molecule is CCOc1cccc(C=NNc2ccc(S(=O)(=O)Nc3ccccc3OC)cc2[N+](=O)[O-])c1O. The molecule has 34 heavy (non-hydrogen) atoms. The number of aromatic hydroxyl groups is 1. The van der Waals surface area contributed by atoms with E-state index in [-0.39, 0.29) is 27.8 Å². The molecule has 3 rings (SSSR count). The number of benzene rings is 3. The Morgan fingerprint density at radius 1 is 1.09 bits per heavy atom. The number of nitro benzene ring substituents is 1. The fraction of sp³-hybridized carbons (Fsp3) is 0.136. The Morgan fingerprint density at radius 2 is 1.82 bits per heavy atom. The van der Waals surface area contributed by atoms with Crippen molar-refractivity contribution in [1.82, 2.24) is 0 Å². The summed E-state index contributed by atoms with van der Waals surface area (Å²) in [6, 6.07) is 14.6. The number of nitrogens with zero attached hydrogens (tertiary/aromatic N) is 2. The lowest BCUT2D eigenvalue weighted by atomic mass is 10.2. The molecule has 3 aromatic rings. The Bertz CT molecular complexity index is 1330. The van der Waals surface area contributed by atoms with Gasteiger partial charge in [-0.05, 0) is 43.3 Å². The number of ether oxygens (including phenoxy) is 2. The zero-order valence-corrected chi connectivity index (χ0v) is 19.1. The van der Waals surface area contributed by atoms with Crippen molar-refractivity contribution < 1.29 is 27.9 Å². The van der Waals surface area contributed by atoms with Crippen LogP contribution < -0.4 is 19.6 Å². The molecule has 0 amide bonds. The maximum Gasteiger partial charge on any atom is 0.295 e. The third-order valence-corrected chi connectivity index (χ3v) is 5.91. The minimum absolute atomic E-state index is 0.0436. The molecule has 0 atom stereocenters. The van der Waals surface area contributed by atoms with Crippen molar-refractivity contribution in [3.8, 4) is 17.2 Å². The van der Waals surface area contributed by atoms with E-state index in [1.54, 1.807) is 43.3 Å². The second-order valence-electron chi connectivity index (χ2n) is 6.74. The highest BCUT2D eigenvalue weighted by Gasteiger charge is 2.22. The van der Waals surface area contributed by atoms with Gasteiger partial charge in [0, 0.05) is 11.6 Å². The topological polar surface area (TPSA) is 152 Å². The number of sulfonamides is 1. The number of hydrazone groups is 1. The van der Waals surface area contributed by atoms with E-state index in [1.165, 1.54) is 31.5 Å². The van der Waals surface area contributed by atoms with Gasteiger partial charge in [-0.2, -0.15) is 5.10 Å². The number of phenols is 1. The molecule has 3 N–H and O–H groups in total. The number of methoxy groups -OCH3 is 1. The van der Waals surface area contributed by atoms with E-state index in [2.05, 4.69) is 15.2 Å². The molecule has 0 spiro atoms. The van der Waals surface area contributed by atoms with Crippen LogP contribution in [0.2, 0.25) is 0 Å². The summed E-state index contributed by atoms with van der Waals surface area (Å²) in [6.45, 7) is 2.14. The zero-order chi connectivity index (χ0) is 24.7. The van der Waals surface area contributed by atoms with E-state index in [9.17, 15) is 23.6 Å². The van der Waals surface area contributed by atoms with Gasteiger partial charge in [-0.15, -0.1) is 0 Å². The third-order valence-electron chi connectivity index (χ3n) is 4.55. The Labute approximate surface area is 195 Å². The van der Waals surface area contributed by atoms with Crippen molar-refractivity contribution in [2.45, 2.75) is 11.8 Å². The Kier molecular flexibility index (Phi) is 7.53. The number of nitro groups is 1. The quantitative estimate of drug-likeness (QED) is 0.221. The van der Waals surface area contributed by atoms with Crippen LogP contribution in [-0.4, -0.2) is 38.4 Å². The number of hydrogen-bond donors (Lipinski definition) is 3. The highest BCUT2D eigenvalue weighted by atomic mass is 32.2. The third kappa shape index (κ3) is 5.53. The van der Waals surface area contributed by atoms with E-state index in [0.29, 0.717) is 17.9 Å². The molecular formula is C22H22N4O7S. The first-order chi connectivity index (χ1) is 16.3. The highest BCUT2D eigenvalue weighted by Crippen LogP contribution is 2.31. The monoisotopic (exact) mass is 486 g/mol. The standard InChI is InChI=1S/C22H22N4O7S/c1-3-33-21-10-6-7-15(22(21)27)14-23-24-17-12-11-16(13-19(17)26(28)29)34(30,31)25-18-8-4-5-9-20(18)32-2/h4-14,24-25,27H,3H2,1-2H3. The minimum Gasteiger partial charge on any atom is -0.504 e. The molecule has 12 heteroatoms. The summed E-state index contributed by atoms with van der Waals surface area (Å²) in [6.07, 6.45) is 1.26. The maximum absolute atomic E-state index is 12.8. The average Bonchev–Trinajstić information content (AvgIpc) is 2.81. The molecule has 0 aromatic heterocycles. The molecule has 0 radical (unpaired) electrons. The van der Waals surface area contributed by atoms with Crippen molar-refractivity contribution in [3.63, 3.8) is 0 Å². The Balaban J connectivity index is 1.85. The van der Waals surface area contributed by atoms with E-state index in [1.807, 2.05) is 0 Å². The van der Waals surface area contributed by atoms with Gasteiger partial charge in [-0.3, -0.25) is 20.3 Å². The predicted octanol–water partition coefficient (Wildman–Crippen LogP) is 3.95. The molecule has 0 aliphatic rings. The van der Waals surface area contributed by atoms with Crippen LogP contribution in [0.4, 0.5) is 17.1 Å². The van der Waals surface area contributed by atoms with Crippen LogP contribution in [0.15, 0.2) is 70.7 Å². The fourth-order valence-electron chi connectivity index (χ4n) is 2.94. The molecule has 0 saturated heterocycles. The number of para-hydroxylation sites is 3. The first-order valence-electron chi connectivity index (χ1n) is 9.95. The van der Waals surface area contributed by atoms with Crippen LogP contribution >= 0.6 is 0 Å². The summed E-state index contributed by atoms with van der Waals surface area (Å²) in [5.41, 5.74) is 2.47. The van der Waals surface area contributed by atoms with Crippen molar-refractivity contribution in [2.75, 3.05) is 23.9 Å². The van der Waals surface area contributed by atoms with Gasteiger partial charge in [-0.25, -0.2) is 8.42 Å². The lowest BCUT2D eigenvalue weighted by Gasteiger charge is -2.12. The highest BCUT2D eigenvalue weighted by molar-refractivity contribution is 7.92. The van der Waals surface area contributed by atoms with Crippen molar-refractivity contribution in [1.29, 1.82) is 0 Å². The van der Waals surface area contributed by atoms with Gasteiger partial charge in [0.05, 0.1) is 35.4 Å². The lowest BCUT2D eigenvalue weighted by Crippen LogP contribution is -2.14. The van der Waals surface area contributed by atoms with E-state index in [4.69, 9.17) is 9.47 Å². The number of rotatable bonds is 10. The van der Waals surface area contributed by atoms with Gasteiger partial charge in [0.25, 0.3) is 15.7 Å². The second-order valence-corrected chi connectivity index (χ2v) is 8.42. The number of anilines is 2. The zero-order valence-electron chi connectivity index (χ0n) is 18.3. The average molecular weight is 487 g/mol. The van der Waals surface area contributed by atoms with Crippen molar-refractivity contribution in [2.24, 2.45) is 5.10 Å². The van der Waals surface area contributed by atoms with Gasteiger partial charge in [0.2, 0.25) is 0 Å². The molecular weight excluding hydrogens is 464 g/mol. The second kappa shape index (κ2) is 10.5. The molecule has 0 heterocycles. The van der Waals surface area contributed by atoms with Gasteiger partial charge >= 0.3 is 0 Å². The smallest absolute Gasteiger partial charge is 0.295 e.